The number of nitrogens with zero attached hydrogens (tertiary/aromatic N) is 1. The van der Waals surface area contributed by atoms with Crippen LogP contribution in [0.4, 0.5) is 5.69 Å². The van der Waals surface area contributed by atoms with E-state index in [1.54, 1.807) is 0 Å². The first kappa shape index (κ1) is 18.1. The topological polar surface area (TPSA) is 37.4 Å². The molecule has 2 atom stereocenters. The lowest BCUT2D eigenvalue weighted by Crippen LogP contribution is -2.59. The van der Waals surface area contributed by atoms with Gasteiger partial charge in [-0.1, -0.05) is 78.3 Å². The Balaban J connectivity index is 1.66. The molecular formula is C26H20BrNO2. The van der Waals surface area contributed by atoms with E-state index in [-0.39, 0.29) is 11.8 Å². The Labute approximate surface area is 183 Å². The fourth-order valence-corrected chi connectivity index (χ4v) is 6.68. The first-order chi connectivity index (χ1) is 14.4. The van der Waals surface area contributed by atoms with E-state index in [2.05, 4.69) is 54.0 Å². The number of imide groups is 1. The van der Waals surface area contributed by atoms with Gasteiger partial charge < -0.3 is 0 Å². The standard InChI is InChI=1S/C26H20BrNO2/c1-25-17-7-3-5-9-19(17)26(2,20-10-6-4-8-18(20)25)22-21(25)23(29)28(24(22)30)16-13-11-15(27)12-14-16/h3-14,21-22H,1-2H3/t21-,22+,25?,26?. The molecule has 148 valence electrons. The lowest BCUT2D eigenvalue weighted by atomic mass is 9.42. The van der Waals surface area contributed by atoms with Gasteiger partial charge >= 0.3 is 0 Å². The number of anilines is 1. The molecule has 2 amide bonds. The Morgan fingerprint density at radius 2 is 1.03 bits per heavy atom. The van der Waals surface area contributed by atoms with Gasteiger partial charge in [-0.05, 0) is 46.5 Å². The summed E-state index contributed by atoms with van der Waals surface area (Å²) >= 11 is 3.44. The molecule has 0 radical (unpaired) electrons. The van der Waals surface area contributed by atoms with Crippen molar-refractivity contribution < 1.29 is 9.59 Å². The maximum absolute atomic E-state index is 13.9. The molecule has 3 aliphatic carbocycles. The van der Waals surface area contributed by atoms with E-state index in [0.717, 1.165) is 4.47 Å². The van der Waals surface area contributed by atoms with Gasteiger partial charge in [0, 0.05) is 15.3 Å². The molecule has 4 heteroatoms. The molecular weight excluding hydrogens is 438 g/mol. The molecule has 3 nitrogen and oxygen atoms in total. The summed E-state index contributed by atoms with van der Waals surface area (Å²) in [6, 6.07) is 24.1. The Morgan fingerprint density at radius 1 is 0.667 bits per heavy atom. The number of amides is 2. The first-order valence-electron chi connectivity index (χ1n) is 10.2. The highest BCUT2D eigenvalue weighted by Gasteiger charge is 2.70. The van der Waals surface area contributed by atoms with Crippen LogP contribution in [0.5, 0.6) is 0 Å². The van der Waals surface area contributed by atoms with Crippen molar-refractivity contribution in [1.82, 2.24) is 0 Å². The molecule has 0 spiro atoms. The molecule has 1 heterocycles. The van der Waals surface area contributed by atoms with Gasteiger partial charge in [0.2, 0.25) is 11.8 Å². The number of benzene rings is 3. The summed E-state index contributed by atoms with van der Waals surface area (Å²) in [7, 11) is 0. The SMILES string of the molecule is CC12c3ccccc3C(C)(c3ccccc31)[C@H]1C(=O)N(c3ccc(Br)cc3)C(=O)[C@H]12. The van der Waals surface area contributed by atoms with Crippen LogP contribution >= 0.6 is 15.9 Å². The average molecular weight is 458 g/mol. The molecule has 0 saturated carbocycles. The molecule has 0 unspecified atom stereocenters. The van der Waals surface area contributed by atoms with E-state index in [9.17, 15) is 9.59 Å². The third-order valence-electron chi connectivity index (χ3n) is 7.73. The molecule has 0 aromatic heterocycles. The van der Waals surface area contributed by atoms with E-state index in [1.807, 2.05) is 48.5 Å². The highest BCUT2D eigenvalue weighted by atomic mass is 79.9. The number of carbonyl (C=O) groups excluding carboxylic acids is 2. The second-order valence-corrected chi connectivity index (χ2v) is 9.86. The molecule has 0 N–H and O–H groups in total. The molecule has 1 fully saturated rings. The summed E-state index contributed by atoms with van der Waals surface area (Å²) in [6.45, 7) is 4.30. The molecule has 3 aromatic carbocycles. The number of hydrogen-bond donors (Lipinski definition) is 0. The molecule has 1 aliphatic heterocycles. The number of carbonyl (C=O) groups is 2. The van der Waals surface area contributed by atoms with Crippen molar-refractivity contribution >= 4 is 33.4 Å². The fraction of sp³-hybridized carbons (Fsp3) is 0.231. The van der Waals surface area contributed by atoms with Crippen molar-refractivity contribution in [3.8, 4) is 0 Å². The van der Waals surface area contributed by atoms with E-state index < -0.39 is 22.7 Å². The van der Waals surface area contributed by atoms with Gasteiger partial charge in [-0.25, -0.2) is 4.90 Å². The van der Waals surface area contributed by atoms with Crippen LogP contribution in [0, 0.1) is 11.8 Å². The minimum Gasteiger partial charge on any atom is -0.274 e. The van der Waals surface area contributed by atoms with Gasteiger partial charge in [0.25, 0.3) is 0 Å². The maximum atomic E-state index is 13.9. The maximum Gasteiger partial charge on any atom is 0.238 e. The van der Waals surface area contributed by atoms with Crippen molar-refractivity contribution in [2.45, 2.75) is 24.7 Å². The van der Waals surface area contributed by atoms with E-state index in [0.29, 0.717) is 5.69 Å². The zero-order valence-corrected chi connectivity index (χ0v) is 18.3. The van der Waals surface area contributed by atoms with Crippen molar-refractivity contribution in [2.75, 3.05) is 4.90 Å². The van der Waals surface area contributed by atoms with Crippen LogP contribution in [0.3, 0.4) is 0 Å². The van der Waals surface area contributed by atoms with Crippen LogP contribution < -0.4 is 4.90 Å². The van der Waals surface area contributed by atoms with Gasteiger partial charge in [-0.15, -0.1) is 0 Å². The van der Waals surface area contributed by atoms with Crippen molar-refractivity contribution in [2.24, 2.45) is 11.8 Å². The Bertz CT molecular complexity index is 1120. The van der Waals surface area contributed by atoms with Crippen LogP contribution in [0.2, 0.25) is 0 Å². The Hall–Kier alpha value is -2.72. The molecule has 4 aliphatic rings. The monoisotopic (exact) mass is 457 g/mol. The van der Waals surface area contributed by atoms with E-state index in [4.69, 9.17) is 0 Å². The van der Waals surface area contributed by atoms with Crippen LogP contribution in [-0.2, 0) is 20.4 Å². The third kappa shape index (κ3) is 1.87. The normalized spacial score (nSPS) is 30.8. The molecule has 3 aromatic rings. The summed E-state index contributed by atoms with van der Waals surface area (Å²) in [5.41, 5.74) is 4.26. The minimum absolute atomic E-state index is 0.0925. The lowest BCUT2D eigenvalue weighted by molar-refractivity contribution is -0.124. The molecule has 30 heavy (non-hydrogen) atoms. The largest absolute Gasteiger partial charge is 0.274 e. The van der Waals surface area contributed by atoms with Crippen molar-refractivity contribution in [3.63, 3.8) is 0 Å². The zero-order chi connectivity index (χ0) is 20.8. The summed E-state index contributed by atoms with van der Waals surface area (Å²) < 4.78 is 0.918. The van der Waals surface area contributed by atoms with Gasteiger partial charge in [-0.2, -0.15) is 0 Å². The quantitative estimate of drug-likeness (QED) is 0.471. The van der Waals surface area contributed by atoms with Crippen LogP contribution in [0.15, 0.2) is 77.3 Å². The van der Waals surface area contributed by atoms with Gasteiger partial charge in [0.15, 0.2) is 0 Å². The van der Waals surface area contributed by atoms with Crippen LogP contribution in [-0.4, -0.2) is 11.8 Å². The van der Waals surface area contributed by atoms with Crippen LogP contribution in [0.25, 0.3) is 0 Å². The minimum atomic E-state index is -0.535. The Kier molecular flexibility index (Phi) is 3.44. The summed E-state index contributed by atoms with van der Waals surface area (Å²) in [5, 5.41) is 0. The zero-order valence-electron chi connectivity index (χ0n) is 16.7. The highest BCUT2D eigenvalue weighted by Crippen LogP contribution is 2.66. The lowest BCUT2D eigenvalue weighted by Gasteiger charge is -2.57. The molecule has 2 bridgehead atoms. The third-order valence-corrected chi connectivity index (χ3v) is 8.26. The number of halogens is 1. The average Bonchev–Trinajstić information content (AvgIpc) is 3.04. The second kappa shape index (κ2) is 5.70. The Morgan fingerprint density at radius 3 is 1.40 bits per heavy atom. The smallest absolute Gasteiger partial charge is 0.238 e. The predicted octanol–water partition coefficient (Wildman–Crippen LogP) is 5.19. The summed E-state index contributed by atoms with van der Waals surface area (Å²) in [4.78, 5) is 29.2. The highest BCUT2D eigenvalue weighted by molar-refractivity contribution is 9.10. The fourth-order valence-electron chi connectivity index (χ4n) is 6.42. The van der Waals surface area contributed by atoms with Crippen molar-refractivity contribution in [3.05, 3.63) is 99.5 Å². The summed E-state index contributed by atoms with van der Waals surface area (Å²) in [5.74, 6) is -1.01. The molecule has 1 saturated heterocycles. The molecule has 7 rings (SSSR count). The predicted molar refractivity (Wildman–Crippen MR) is 119 cm³/mol. The van der Waals surface area contributed by atoms with Crippen molar-refractivity contribution in [1.29, 1.82) is 0 Å². The second-order valence-electron chi connectivity index (χ2n) is 8.94. The van der Waals surface area contributed by atoms with E-state index >= 15 is 0 Å². The van der Waals surface area contributed by atoms with Crippen LogP contribution in [0.1, 0.15) is 36.1 Å². The van der Waals surface area contributed by atoms with Gasteiger partial charge in [0.05, 0.1) is 17.5 Å². The van der Waals surface area contributed by atoms with Gasteiger partial charge in [0.1, 0.15) is 0 Å². The van der Waals surface area contributed by atoms with E-state index in [1.165, 1.54) is 27.2 Å². The number of hydrogen-bond acceptors (Lipinski definition) is 2. The summed E-state index contributed by atoms with van der Waals surface area (Å²) in [6.07, 6.45) is 0. The first-order valence-corrected chi connectivity index (χ1v) is 11.0. The van der Waals surface area contributed by atoms with Gasteiger partial charge in [-0.3, -0.25) is 9.59 Å². The number of rotatable bonds is 1.